The second kappa shape index (κ2) is 16.5. The summed E-state index contributed by atoms with van der Waals surface area (Å²) in [6, 6.07) is 22.5. The maximum absolute atomic E-state index is 14.6. The Kier molecular flexibility index (Phi) is 12.8. The third kappa shape index (κ3) is 10.4. The van der Waals surface area contributed by atoms with Gasteiger partial charge in [0.25, 0.3) is 5.91 Å². The van der Waals surface area contributed by atoms with Gasteiger partial charge < -0.3 is 25.0 Å². The summed E-state index contributed by atoms with van der Waals surface area (Å²) in [5.41, 5.74) is 2.53. The number of aryl methyl sites for hydroxylation is 1. The van der Waals surface area contributed by atoms with Crippen LogP contribution in [0.4, 0.5) is 10.5 Å². The maximum atomic E-state index is 14.6. The van der Waals surface area contributed by atoms with Gasteiger partial charge in [0.2, 0.25) is 5.91 Å². The molecule has 3 amide bonds. The zero-order valence-corrected chi connectivity index (χ0v) is 26.9. The van der Waals surface area contributed by atoms with Crippen LogP contribution in [0, 0.1) is 0 Å². The fourth-order valence-corrected chi connectivity index (χ4v) is 4.89. The van der Waals surface area contributed by atoms with Crippen LogP contribution in [-0.4, -0.2) is 48.1 Å². The summed E-state index contributed by atoms with van der Waals surface area (Å²) >= 11 is 0. The van der Waals surface area contributed by atoms with E-state index in [1.807, 2.05) is 54.6 Å². The number of methoxy groups -OCH3 is 1. The number of hydrogen-bond donors (Lipinski definition) is 2. The molecular weight excluding hydrogens is 554 g/mol. The van der Waals surface area contributed by atoms with E-state index >= 15 is 0 Å². The van der Waals surface area contributed by atoms with Gasteiger partial charge in [0.1, 0.15) is 23.4 Å². The van der Waals surface area contributed by atoms with E-state index in [1.54, 1.807) is 57.0 Å². The topological polar surface area (TPSA) is 97.0 Å². The van der Waals surface area contributed by atoms with Crippen molar-refractivity contribution in [2.24, 2.45) is 0 Å². The molecule has 3 aromatic rings. The van der Waals surface area contributed by atoms with Crippen molar-refractivity contribution >= 4 is 23.6 Å². The molecule has 0 saturated heterocycles. The summed E-state index contributed by atoms with van der Waals surface area (Å²) in [6.07, 6.45) is 2.93. The van der Waals surface area contributed by atoms with Gasteiger partial charge in [-0.25, -0.2) is 4.79 Å². The second-order valence-corrected chi connectivity index (χ2v) is 11.8. The fraction of sp³-hybridized carbons (Fsp3) is 0.417. The van der Waals surface area contributed by atoms with Gasteiger partial charge in [-0.15, -0.1) is 0 Å². The van der Waals surface area contributed by atoms with Crippen LogP contribution in [-0.2, 0) is 27.2 Å². The zero-order chi connectivity index (χ0) is 32.1. The van der Waals surface area contributed by atoms with Crippen molar-refractivity contribution in [1.82, 2.24) is 10.2 Å². The molecular formula is C36H47N3O5. The molecule has 2 N–H and O–H groups in total. The van der Waals surface area contributed by atoms with Crippen LogP contribution in [0.2, 0.25) is 0 Å². The first-order valence-electron chi connectivity index (χ1n) is 15.4. The number of anilines is 1. The largest absolute Gasteiger partial charge is 0.497 e. The van der Waals surface area contributed by atoms with Crippen molar-refractivity contribution in [2.75, 3.05) is 19.0 Å². The van der Waals surface area contributed by atoms with Crippen molar-refractivity contribution in [3.63, 3.8) is 0 Å². The molecule has 8 heteroatoms. The SMILES string of the molecule is CCCCCN(C(=O)C(Cc1ccccc1)NC(=O)OC(C)(C)C)C(C(=O)Nc1ccc(OC)cc1)c1ccc(CC)cc1. The van der Waals surface area contributed by atoms with Crippen LogP contribution in [0.25, 0.3) is 0 Å². The van der Waals surface area contributed by atoms with E-state index in [1.165, 1.54) is 0 Å². The average molecular weight is 602 g/mol. The number of ether oxygens (including phenoxy) is 2. The molecule has 2 unspecified atom stereocenters. The Morgan fingerprint density at radius 1 is 0.841 bits per heavy atom. The lowest BCUT2D eigenvalue weighted by molar-refractivity contribution is -0.140. The number of unbranched alkanes of at least 4 members (excludes halogenated alkanes) is 2. The Hall–Kier alpha value is -4.33. The first-order valence-corrected chi connectivity index (χ1v) is 15.4. The van der Waals surface area contributed by atoms with E-state index in [-0.39, 0.29) is 18.2 Å². The normalized spacial score (nSPS) is 12.5. The Morgan fingerprint density at radius 3 is 2.07 bits per heavy atom. The van der Waals surface area contributed by atoms with Crippen LogP contribution >= 0.6 is 0 Å². The van der Waals surface area contributed by atoms with Crippen LogP contribution in [0.1, 0.15) is 76.6 Å². The lowest BCUT2D eigenvalue weighted by Gasteiger charge is -2.35. The number of nitrogens with zero attached hydrogens (tertiary/aromatic N) is 1. The molecule has 0 aromatic heterocycles. The number of rotatable bonds is 14. The summed E-state index contributed by atoms with van der Waals surface area (Å²) < 4.78 is 10.8. The average Bonchev–Trinajstić information content (AvgIpc) is 3.00. The highest BCUT2D eigenvalue weighted by molar-refractivity contribution is 5.99. The van der Waals surface area contributed by atoms with Crippen LogP contribution < -0.4 is 15.4 Å². The molecule has 8 nitrogen and oxygen atoms in total. The Morgan fingerprint density at radius 2 is 1.50 bits per heavy atom. The first-order chi connectivity index (χ1) is 21.0. The van der Waals surface area contributed by atoms with Gasteiger partial charge in [-0.1, -0.05) is 81.3 Å². The fourth-order valence-electron chi connectivity index (χ4n) is 4.89. The van der Waals surface area contributed by atoms with Gasteiger partial charge in [0.05, 0.1) is 7.11 Å². The number of amides is 3. The number of benzene rings is 3. The van der Waals surface area contributed by atoms with Crippen LogP contribution in [0.15, 0.2) is 78.9 Å². The Balaban J connectivity index is 2.05. The molecule has 44 heavy (non-hydrogen) atoms. The highest BCUT2D eigenvalue weighted by Gasteiger charge is 2.36. The van der Waals surface area contributed by atoms with Crippen LogP contribution in [0.5, 0.6) is 5.75 Å². The third-order valence-corrected chi connectivity index (χ3v) is 7.18. The lowest BCUT2D eigenvalue weighted by atomic mass is 9.98. The molecule has 3 rings (SSSR count). The van der Waals surface area contributed by atoms with E-state index in [9.17, 15) is 14.4 Å². The summed E-state index contributed by atoms with van der Waals surface area (Å²) in [7, 11) is 1.58. The molecule has 0 aliphatic heterocycles. The molecule has 3 aromatic carbocycles. The molecule has 0 spiro atoms. The molecule has 0 aliphatic rings. The highest BCUT2D eigenvalue weighted by atomic mass is 16.6. The minimum absolute atomic E-state index is 0.241. The Bertz CT molecular complexity index is 1330. The number of carbonyl (C=O) groups is 3. The van der Waals surface area contributed by atoms with E-state index < -0.39 is 23.8 Å². The van der Waals surface area contributed by atoms with E-state index in [2.05, 4.69) is 24.5 Å². The standard InChI is InChI=1S/C36H47N3O5/c1-7-9-13-24-39(34(41)31(25-27-14-11-10-12-15-27)38-35(42)44-36(3,4)5)32(28-18-16-26(8-2)17-19-28)33(40)37-29-20-22-30(43-6)23-21-29/h10-12,14-23,31-32H,7-9,13,24-25H2,1-6H3,(H,37,40)(H,38,42). The summed E-state index contributed by atoms with van der Waals surface area (Å²) in [5, 5.41) is 5.83. The number of nitrogens with one attached hydrogen (secondary N) is 2. The first kappa shape index (κ1) is 34.2. The van der Waals surface area contributed by atoms with Crippen molar-refractivity contribution in [2.45, 2.75) is 84.4 Å². The number of hydrogen-bond acceptors (Lipinski definition) is 5. The molecule has 0 fully saturated rings. The summed E-state index contributed by atoms with van der Waals surface area (Å²) in [6.45, 7) is 9.82. The smallest absolute Gasteiger partial charge is 0.408 e. The van der Waals surface area contributed by atoms with Crippen molar-refractivity contribution < 1.29 is 23.9 Å². The Labute approximate surface area is 262 Å². The summed E-state index contributed by atoms with van der Waals surface area (Å²) in [4.78, 5) is 43.3. The molecule has 0 heterocycles. The molecule has 0 aliphatic carbocycles. The molecule has 2 atom stereocenters. The van der Waals surface area contributed by atoms with Gasteiger partial charge in [0.15, 0.2) is 0 Å². The van der Waals surface area contributed by atoms with E-state index in [0.29, 0.717) is 30.0 Å². The third-order valence-electron chi connectivity index (χ3n) is 7.18. The quantitative estimate of drug-likeness (QED) is 0.192. The maximum Gasteiger partial charge on any atom is 0.408 e. The van der Waals surface area contributed by atoms with E-state index in [4.69, 9.17) is 9.47 Å². The van der Waals surface area contributed by atoms with Crippen LogP contribution in [0.3, 0.4) is 0 Å². The van der Waals surface area contributed by atoms with E-state index in [0.717, 1.165) is 30.4 Å². The minimum Gasteiger partial charge on any atom is -0.497 e. The monoisotopic (exact) mass is 601 g/mol. The van der Waals surface area contributed by atoms with Gasteiger partial charge in [-0.2, -0.15) is 0 Å². The number of alkyl carbamates (subject to hydrolysis) is 1. The number of carbonyl (C=O) groups excluding carboxylic acids is 3. The predicted octanol–water partition coefficient (Wildman–Crippen LogP) is 7.09. The molecule has 0 radical (unpaired) electrons. The minimum atomic E-state index is -0.958. The second-order valence-electron chi connectivity index (χ2n) is 11.8. The van der Waals surface area contributed by atoms with Crippen molar-refractivity contribution in [1.29, 1.82) is 0 Å². The van der Waals surface area contributed by atoms with Crippen molar-refractivity contribution in [3.8, 4) is 5.75 Å². The molecule has 0 bridgehead atoms. The molecule has 0 saturated carbocycles. The summed E-state index contributed by atoms with van der Waals surface area (Å²) in [5.74, 6) is -0.0340. The van der Waals surface area contributed by atoms with Gasteiger partial charge >= 0.3 is 6.09 Å². The van der Waals surface area contributed by atoms with Gasteiger partial charge in [-0.05, 0) is 74.6 Å². The highest BCUT2D eigenvalue weighted by Crippen LogP contribution is 2.27. The lowest BCUT2D eigenvalue weighted by Crippen LogP contribution is -2.53. The predicted molar refractivity (Wildman–Crippen MR) is 175 cm³/mol. The molecule has 236 valence electrons. The van der Waals surface area contributed by atoms with Crippen molar-refractivity contribution in [3.05, 3.63) is 95.6 Å². The van der Waals surface area contributed by atoms with Gasteiger partial charge in [-0.3, -0.25) is 9.59 Å². The van der Waals surface area contributed by atoms with Gasteiger partial charge in [0, 0.05) is 18.7 Å². The zero-order valence-electron chi connectivity index (χ0n) is 26.9.